The number of hydrogen-bond acceptors (Lipinski definition) is 5. The number of hydrogen-bond donors (Lipinski definition) is 2. The van der Waals surface area contributed by atoms with Crippen molar-refractivity contribution >= 4 is 5.91 Å². The summed E-state index contributed by atoms with van der Waals surface area (Å²) in [4.78, 5) is 14.9. The molecule has 0 fully saturated rings. The van der Waals surface area contributed by atoms with Crippen molar-refractivity contribution in [1.29, 1.82) is 0 Å². The molecule has 6 heteroatoms. The molecule has 6 nitrogen and oxygen atoms in total. The lowest BCUT2D eigenvalue weighted by atomic mass is 10.5. The number of carbonyl (C=O) groups is 1. The van der Waals surface area contributed by atoms with E-state index in [0.29, 0.717) is 12.4 Å². The molecule has 1 rings (SSSR count). The van der Waals surface area contributed by atoms with E-state index in [1.165, 1.54) is 7.05 Å². The molecular weight excluding hydrogens is 184 g/mol. The molecule has 0 radical (unpaired) electrons. The molecule has 78 valence electrons. The summed E-state index contributed by atoms with van der Waals surface area (Å²) in [5.74, 6) is 0.160. The first-order valence-electron chi connectivity index (χ1n) is 4.53. The smallest absolute Gasteiger partial charge is 0.292 e. The minimum absolute atomic E-state index is 0.0702. The average Bonchev–Trinajstić information content (AvgIpc) is 2.66. The molecule has 0 aliphatic carbocycles. The van der Waals surface area contributed by atoms with E-state index in [1.54, 1.807) is 0 Å². The Morgan fingerprint density at radius 2 is 2.36 bits per heavy atom. The molecule has 0 atom stereocenters. The Balaban J connectivity index is 2.46. The summed E-state index contributed by atoms with van der Waals surface area (Å²) >= 11 is 0. The van der Waals surface area contributed by atoms with Crippen LogP contribution in [0.25, 0.3) is 0 Å². The minimum atomic E-state index is -0.338. The second-order valence-electron chi connectivity index (χ2n) is 2.77. The SMILES string of the molecule is CCCNCc1nc(C(=O)NC)no1. The van der Waals surface area contributed by atoms with Crippen molar-refractivity contribution < 1.29 is 9.32 Å². The van der Waals surface area contributed by atoms with Gasteiger partial charge in [-0.05, 0) is 13.0 Å². The number of aromatic nitrogens is 2. The van der Waals surface area contributed by atoms with Crippen molar-refractivity contribution in [3.8, 4) is 0 Å². The van der Waals surface area contributed by atoms with Gasteiger partial charge in [-0.3, -0.25) is 4.79 Å². The number of nitrogens with zero attached hydrogens (tertiary/aromatic N) is 2. The summed E-state index contributed by atoms with van der Waals surface area (Å²) in [5.41, 5.74) is 0. The van der Waals surface area contributed by atoms with Gasteiger partial charge in [-0.1, -0.05) is 12.1 Å². The highest BCUT2D eigenvalue weighted by Crippen LogP contribution is 1.96. The van der Waals surface area contributed by atoms with Crippen LogP contribution in [0.15, 0.2) is 4.52 Å². The van der Waals surface area contributed by atoms with Crippen molar-refractivity contribution in [2.45, 2.75) is 19.9 Å². The zero-order valence-corrected chi connectivity index (χ0v) is 8.33. The highest BCUT2D eigenvalue weighted by Gasteiger charge is 2.11. The minimum Gasteiger partial charge on any atom is -0.352 e. The Kier molecular flexibility index (Phi) is 4.06. The molecule has 0 aliphatic heterocycles. The Bertz CT molecular complexity index is 297. The van der Waals surface area contributed by atoms with Gasteiger partial charge >= 0.3 is 0 Å². The largest absolute Gasteiger partial charge is 0.352 e. The maximum Gasteiger partial charge on any atom is 0.292 e. The first-order chi connectivity index (χ1) is 6.77. The molecule has 1 heterocycles. The third kappa shape index (κ3) is 2.81. The first-order valence-corrected chi connectivity index (χ1v) is 4.53. The predicted molar refractivity (Wildman–Crippen MR) is 49.7 cm³/mol. The maximum atomic E-state index is 11.0. The van der Waals surface area contributed by atoms with Gasteiger partial charge in [0.15, 0.2) is 0 Å². The van der Waals surface area contributed by atoms with E-state index >= 15 is 0 Å². The summed E-state index contributed by atoms with van der Waals surface area (Å²) in [6.07, 6.45) is 1.04. The fourth-order valence-corrected chi connectivity index (χ4v) is 0.903. The zero-order valence-electron chi connectivity index (χ0n) is 8.33. The van der Waals surface area contributed by atoms with Crippen molar-refractivity contribution in [1.82, 2.24) is 20.8 Å². The van der Waals surface area contributed by atoms with Gasteiger partial charge in [-0.25, -0.2) is 0 Å². The van der Waals surface area contributed by atoms with Crippen LogP contribution in [0.2, 0.25) is 0 Å². The van der Waals surface area contributed by atoms with Crippen LogP contribution in [0.5, 0.6) is 0 Å². The van der Waals surface area contributed by atoms with E-state index in [9.17, 15) is 4.79 Å². The van der Waals surface area contributed by atoms with Crippen LogP contribution in [0.4, 0.5) is 0 Å². The number of amides is 1. The lowest BCUT2D eigenvalue weighted by Gasteiger charge is -1.95. The zero-order chi connectivity index (χ0) is 10.4. The highest BCUT2D eigenvalue weighted by atomic mass is 16.5. The van der Waals surface area contributed by atoms with Gasteiger partial charge in [0.1, 0.15) is 0 Å². The number of rotatable bonds is 5. The van der Waals surface area contributed by atoms with Crippen LogP contribution in [-0.2, 0) is 6.54 Å². The van der Waals surface area contributed by atoms with E-state index in [4.69, 9.17) is 4.52 Å². The quantitative estimate of drug-likeness (QED) is 0.647. The second kappa shape index (κ2) is 5.33. The molecule has 2 N–H and O–H groups in total. The lowest BCUT2D eigenvalue weighted by Crippen LogP contribution is -2.19. The van der Waals surface area contributed by atoms with Crippen LogP contribution >= 0.6 is 0 Å². The van der Waals surface area contributed by atoms with Gasteiger partial charge in [0.2, 0.25) is 5.89 Å². The molecule has 0 bridgehead atoms. The standard InChI is InChI=1S/C8H14N4O2/c1-3-4-10-5-6-11-7(12-14-6)8(13)9-2/h10H,3-5H2,1-2H3,(H,9,13). The predicted octanol–water partition coefficient (Wildman–Crippen LogP) is -0.0712. The molecule has 0 saturated carbocycles. The molecule has 0 spiro atoms. The highest BCUT2D eigenvalue weighted by molar-refractivity contribution is 5.89. The van der Waals surface area contributed by atoms with Crippen LogP contribution in [0.1, 0.15) is 29.9 Å². The van der Waals surface area contributed by atoms with Crippen molar-refractivity contribution in [2.75, 3.05) is 13.6 Å². The summed E-state index contributed by atoms with van der Waals surface area (Å²) in [6.45, 7) is 3.45. The fourth-order valence-electron chi connectivity index (χ4n) is 0.903. The van der Waals surface area contributed by atoms with E-state index in [2.05, 4.69) is 27.7 Å². The summed E-state index contributed by atoms with van der Waals surface area (Å²) < 4.78 is 4.85. The normalized spacial score (nSPS) is 10.1. The molecule has 0 aromatic carbocycles. The van der Waals surface area contributed by atoms with Crippen molar-refractivity contribution in [3.05, 3.63) is 11.7 Å². The molecule has 0 unspecified atom stereocenters. The summed E-state index contributed by atoms with van der Waals surface area (Å²) in [7, 11) is 1.52. The Morgan fingerprint density at radius 3 is 3.00 bits per heavy atom. The summed E-state index contributed by atoms with van der Waals surface area (Å²) in [6, 6.07) is 0. The number of carbonyl (C=O) groups excluding carboxylic acids is 1. The van der Waals surface area contributed by atoms with Gasteiger partial charge in [0.25, 0.3) is 11.7 Å². The monoisotopic (exact) mass is 198 g/mol. The Hall–Kier alpha value is -1.43. The molecule has 0 saturated heterocycles. The van der Waals surface area contributed by atoms with Gasteiger partial charge in [0, 0.05) is 7.05 Å². The summed E-state index contributed by atoms with van der Waals surface area (Å²) in [5, 5.41) is 9.04. The van der Waals surface area contributed by atoms with E-state index < -0.39 is 0 Å². The van der Waals surface area contributed by atoms with Gasteiger partial charge in [-0.2, -0.15) is 4.98 Å². The molecular formula is C8H14N4O2. The topological polar surface area (TPSA) is 80.0 Å². The molecule has 1 aromatic heterocycles. The van der Waals surface area contributed by atoms with Gasteiger partial charge in [0.05, 0.1) is 6.54 Å². The lowest BCUT2D eigenvalue weighted by molar-refractivity contribution is 0.0950. The fraction of sp³-hybridized carbons (Fsp3) is 0.625. The van der Waals surface area contributed by atoms with Gasteiger partial charge in [-0.15, -0.1) is 0 Å². The molecule has 1 aromatic rings. The van der Waals surface area contributed by atoms with E-state index in [-0.39, 0.29) is 11.7 Å². The Labute approximate surface area is 82.1 Å². The van der Waals surface area contributed by atoms with Crippen LogP contribution < -0.4 is 10.6 Å². The average molecular weight is 198 g/mol. The Morgan fingerprint density at radius 1 is 1.57 bits per heavy atom. The van der Waals surface area contributed by atoms with Crippen LogP contribution in [0, 0.1) is 0 Å². The maximum absolute atomic E-state index is 11.0. The third-order valence-corrected chi connectivity index (χ3v) is 1.60. The van der Waals surface area contributed by atoms with Crippen molar-refractivity contribution in [3.63, 3.8) is 0 Å². The van der Waals surface area contributed by atoms with Gasteiger partial charge < -0.3 is 15.2 Å². The molecule has 1 amide bonds. The van der Waals surface area contributed by atoms with E-state index in [1.807, 2.05) is 0 Å². The number of nitrogens with one attached hydrogen (secondary N) is 2. The van der Waals surface area contributed by atoms with Crippen molar-refractivity contribution in [2.24, 2.45) is 0 Å². The second-order valence-corrected chi connectivity index (χ2v) is 2.77. The third-order valence-electron chi connectivity index (χ3n) is 1.60. The molecule has 14 heavy (non-hydrogen) atoms. The van der Waals surface area contributed by atoms with Crippen LogP contribution in [0.3, 0.4) is 0 Å². The molecule has 0 aliphatic rings. The first kappa shape index (κ1) is 10.6. The van der Waals surface area contributed by atoms with E-state index in [0.717, 1.165) is 13.0 Å². The van der Waals surface area contributed by atoms with Crippen LogP contribution in [-0.4, -0.2) is 29.6 Å².